The van der Waals surface area contributed by atoms with Crippen LogP contribution in [-0.2, 0) is 6.42 Å². The van der Waals surface area contributed by atoms with Crippen LogP contribution in [0.25, 0.3) is 6.08 Å². The molecule has 14 heavy (non-hydrogen) atoms. The predicted molar refractivity (Wildman–Crippen MR) is 62.2 cm³/mol. The van der Waals surface area contributed by atoms with E-state index in [0.717, 1.165) is 12.8 Å². The van der Waals surface area contributed by atoms with E-state index in [2.05, 4.69) is 35.7 Å². The van der Waals surface area contributed by atoms with Crippen LogP contribution in [0.4, 0.5) is 5.69 Å². The molecule has 0 fully saturated rings. The number of allylic oxidation sites excluding steroid dienone is 2. The Morgan fingerprint density at radius 3 is 3.14 bits per heavy atom. The van der Waals surface area contributed by atoms with Crippen LogP contribution in [-0.4, -0.2) is 0 Å². The number of anilines is 1. The van der Waals surface area contributed by atoms with Gasteiger partial charge in [-0.25, -0.2) is 0 Å². The molecule has 0 saturated carbocycles. The third-order valence-electron chi connectivity index (χ3n) is 2.48. The standard InChI is InChI=1S/C13H15N/c1-2-10-14-13-9-5-7-11-6-3-4-8-12(11)13/h2-3,5-7,9-10,14H,4,8H2,1H3/b10-2+. The molecule has 1 aliphatic rings. The predicted octanol–water partition coefficient (Wildman–Crippen LogP) is 3.59. The lowest BCUT2D eigenvalue weighted by Crippen LogP contribution is -1.99. The summed E-state index contributed by atoms with van der Waals surface area (Å²) in [7, 11) is 0. The summed E-state index contributed by atoms with van der Waals surface area (Å²) in [5, 5.41) is 3.31. The van der Waals surface area contributed by atoms with Gasteiger partial charge in [-0.3, -0.25) is 0 Å². The maximum Gasteiger partial charge on any atom is 0.0418 e. The van der Waals surface area contributed by atoms with Crippen LogP contribution in [0.5, 0.6) is 0 Å². The zero-order chi connectivity index (χ0) is 9.80. The van der Waals surface area contributed by atoms with Crippen LogP contribution in [0.15, 0.2) is 36.6 Å². The van der Waals surface area contributed by atoms with E-state index in [0.29, 0.717) is 0 Å². The van der Waals surface area contributed by atoms with Crippen molar-refractivity contribution in [3.8, 4) is 0 Å². The molecule has 1 N–H and O–H groups in total. The Kier molecular flexibility index (Phi) is 2.68. The van der Waals surface area contributed by atoms with Gasteiger partial charge in [0.1, 0.15) is 0 Å². The molecule has 0 spiro atoms. The van der Waals surface area contributed by atoms with E-state index in [1.54, 1.807) is 0 Å². The molecule has 72 valence electrons. The van der Waals surface area contributed by atoms with Crippen LogP contribution >= 0.6 is 0 Å². The number of benzene rings is 1. The third kappa shape index (κ3) is 1.72. The maximum atomic E-state index is 3.31. The first kappa shape index (κ1) is 9.07. The topological polar surface area (TPSA) is 12.0 Å². The first-order valence-corrected chi connectivity index (χ1v) is 5.08. The Morgan fingerprint density at radius 1 is 1.36 bits per heavy atom. The van der Waals surface area contributed by atoms with E-state index in [1.165, 1.54) is 16.8 Å². The lowest BCUT2D eigenvalue weighted by molar-refractivity contribution is 0.987. The Labute approximate surface area is 85.2 Å². The third-order valence-corrected chi connectivity index (χ3v) is 2.48. The zero-order valence-electron chi connectivity index (χ0n) is 8.46. The maximum absolute atomic E-state index is 3.31. The average Bonchev–Trinajstić information content (AvgIpc) is 2.26. The highest BCUT2D eigenvalue weighted by Crippen LogP contribution is 2.26. The quantitative estimate of drug-likeness (QED) is 0.742. The van der Waals surface area contributed by atoms with Gasteiger partial charge in [-0.2, -0.15) is 0 Å². The van der Waals surface area contributed by atoms with E-state index < -0.39 is 0 Å². The minimum atomic E-state index is 1.15. The van der Waals surface area contributed by atoms with Gasteiger partial charge in [-0.05, 0) is 43.2 Å². The van der Waals surface area contributed by atoms with Crippen molar-refractivity contribution < 1.29 is 0 Å². The summed E-state index contributed by atoms with van der Waals surface area (Å²) in [5.74, 6) is 0. The number of fused-ring (bicyclic) bond motifs is 1. The largest absolute Gasteiger partial charge is 0.362 e. The van der Waals surface area contributed by atoms with Crippen molar-refractivity contribution in [2.75, 3.05) is 5.32 Å². The minimum Gasteiger partial charge on any atom is -0.362 e. The summed E-state index contributed by atoms with van der Waals surface area (Å²) in [6, 6.07) is 6.41. The Morgan fingerprint density at radius 2 is 2.29 bits per heavy atom. The van der Waals surface area contributed by atoms with Crippen LogP contribution in [0, 0.1) is 0 Å². The summed E-state index contributed by atoms with van der Waals surface area (Å²) in [6.07, 6.45) is 10.7. The Bertz CT molecular complexity index is 375. The molecule has 0 amide bonds. The first-order chi connectivity index (χ1) is 6.92. The van der Waals surface area contributed by atoms with Gasteiger partial charge in [0.2, 0.25) is 0 Å². The molecule has 1 heteroatoms. The zero-order valence-corrected chi connectivity index (χ0v) is 8.46. The van der Waals surface area contributed by atoms with Gasteiger partial charge in [0.05, 0.1) is 0 Å². The van der Waals surface area contributed by atoms with Crippen molar-refractivity contribution in [3.05, 3.63) is 47.7 Å². The van der Waals surface area contributed by atoms with Crippen LogP contribution in [0.3, 0.4) is 0 Å². The molecule has 0 aromatic heterocycles. The van der Waals surface area contributed by atoms with Crippen molar-refractivity contribution in [3.63, 3.8) is 0 Å². The molecular formula is C13H15N. The lowest BCUT2D eigenvalue weighted by Gasteiger charge is -2.14. The second-order valence-corrected chi connectivity index (χ2v) is 3.46. The fourth-order valence-electron chi connectivity index (χ4n) is 1.79. The molecule has 2 rings (SSSR count). The number of rotatable bonds is 2. The van der Waals surface area contributed by atoms with Gasteiger partial charge >= 0.3 is 0 Å². The molecule has 0 radical (unpaired) electrons. The second-order valence-electron chi connectivity index (χ2n) is 3.46. The highest BCUT2D eigenvalue weighted by molar-refractivity contribution is 5.66. The lowest BCUT2D eigenvalue weighted by atomic mass is 9.96. The van der Waals surface area contributed by atoms with Crippen molar-refractivity contribution in [1.29, 1.82) is 0 Å². The van der Waals surface area contributed by atoms with Crippen molar-refractivity contribution in [2.45, 2.75) is 19.8 Å². The fraction of sp³-hybridized carbons (Fsp3) is 0.231. The molecule has 1 nitrogen and oxygen atoms in total. The monoisotopic (exact) mass is 185 g/mol. The molecule has 0 saturated heterocycles. The van der Waals surface area contributed by atoms with Gasteiger partial charge in [0.15, 0.2) is 0 Å². The van der Waals surface area contributed by atoms with E-state index in [-0.39, 0.29) is 0 Å². The summed E-state index contributed by atoms with van der Waals surface area (Å²) >= 11 is 0. The molecule has 1 aromatic rings. The van der Waals surface area contributed by atoms with Crippen molar-refractivity contribution in [1.82, 2.24) is 0 Å². The van der Waals surface area contributed by atoms with Gasteiger partial charge in [0, 0.05) is 5.69 Å². The van der Waals surface area contributed by atoms with E-state index in [9.17, 15) is 0 Å². The summed E-state index contributed by atoms with van der Waals surface area (Å²) < 4.78 is 0. The molecule has 1 aromatic carbocycles. The van der Waals surface area contributed by atoms with E-state index in [1.807, 2.05) is 19.2 Å². The van der Waals surface area contributed by atoms with Gasteiger partial charge in [-0.1, -0.05) is 30.4 Å². The second kappa shape index (κ2) is 4.14. The number of hydrogen-bond acceptors (Lipinski definition) is 1. The first-order valence-electron chi connectivity index (χ1n) is 5.08. The van der Waals surface area contributed by atoms with Crippen LogP contribution < -0.4 is 5.32 Å². The van der Waals surface area contributed by atoms with Gasteiger partial charge in [0.25, 0.3) is 0 Å². The molecule has 1 aliphatic carbocycles. The van der Waals surface area contributed by atoms with E-state index in [4.69, 9.17) is 0 Å². The van der Waals surface area contributed by atoms with Crippen molar-refractivity contribution >= 4 is 11.8 Å². The highest BCUT2D eigenvalue weighted by atomic mass is 14.8. The Hall–Kier alpha value is -1.50. The summed E-state index contributed by atoms with van der Waals surface area (Å²) in [4.78, 5) is 0. The number of nitrogens with one attached hydrogen (secondary N) is 1. The fourth-order valence-corrected chi connectivity index (χ4v) is 1.79. The smallest absolute Gasteiger partial charge is 0.0418 e. The Balaban J connectivity index is 2.36. The molecular weight excluding hydrogens is 170 g/mol. The van der Waals surface area contributed by atoms with Crippen molar-refractivity contribution in [2.24, 2.45) is 0 Å². The number of hydrogen-bond donors (Lipinski definition) is 1. The van der Waals surface area contributed by atoms with Gasteiger partial charge < -0.3 is 5.32 Å². The average molecular weight is 185 g/mol. The summed E-state index contributed by atoms with van der Waals surface area (Å²) in [6.45, 7) is 2.02. The SMILES string of the molecule is C/C=C/Nc1cccc2c1CCC=C2. The molecule has 0 unspecified atom stereocenters. The summed E-state index contributed by atoms with van der Waals surface area (Å²) in [5.41, 5.74) is 4.03. The highest BCUT2D eigenvalue weighted by Gasteiger charge is 2.07. The van der Waals surface area contributed by atoms with Crippen LogP contribution in [0.1, 0.15) is 24.5 Å². The normalized spacial score (nSPS) is 14.4. The molecule has 0 atom stereocenters. The molecule has 0 heterocycles. The van der Waals surface area contributed by atoms with E-state index >= 15 is 0 Å². The minimum absolute atomic E-state index is 1.15. The molecule has 0 aliphatic heterocycles. The molecule has 0 bridgehead atoms. The van der Waals surface area contributed by atoms with Gasteiger partial charge in [-0.15, -0.1) is 0 Å². The van der Waals surface area contributed by atoms with Crippen LogP contribution in [0.2, 0.25) is 0 Å².